The number of carbonyl (C=O) groups excluding carboxylic acids is 1. The number of nitrogens with one attached hydrogen (secondary N) is 1. The summed E-state index contributed by atoms with van der Waals surface area (Å²) in [4.78, 5) is 12.4. The SMILES string of the molecule is Cc1nn(CC(C)C)c(C)c1CCC(=O)NC(C)c1ccc(OC(F)(F)F)cc1. The van der Waals surface area contributed by atoms with E-state index in [-0.39, 0.29) is 17.7 Å². The maximum atomic E-state index is 12.4. The number of hydrogen-bond acceptors (Lipinski definition) is 3. The van der Waals surface area contributed by atoms with Crippen molar-refractivity contribution in [3.05, 3.63) is 46.8 Å². The summed E-state index contributed by atoms with van der Waals surface area (Å²) in [7, 11) is 0. The first kappa shape index (κ1) is 22.8. The van der Waals surface area contributed by atoms with Crippen LogP contribution in [0.15, 0.2) is 24.3 Å². The molecule has 5 nitrogen and oxygen atoms in total. The molecule has 1 heterocycles. The second-order valence-electron chi connectivity index (χ2n) is 7.63. The van der Waals surface area contributed by atoms with Crippen molar-refractivity contribution in [3.63, 3.8) is 0 Å². The Morgan fingerprint density at radius 1 is 1.17 bits per heavy atom. The van der Waals surface area contributed by atoms with E-state index in [0.29, 0.717) is 24.3 Å². The molecule has 0 bridgehead atoms. The van der Waals surface area contributed by atoms with Gasteiger partial charge in [-0.3, -0.25) is 9.48 Å². The molecule has 29 heavy (non-hydrogen) atoms. The molecule has 0 aliphatic carbocycles. The first-order chi connectivity index (χ1) is 13.5. The van der Waals surface area contributed by atoms with Gasteiger partial charge in [-0.15, -0.1) is 13.2 Å². The van der Waals surface area contributed by atoms with Crippen molar-refractivity contribution < 1.29 is 22.7 Å². The van der Waals surface area contributed by atoms with E-state index in [0.717, 1.165) is 23.5 Å². The third kappa shape index (κ3) is 6.80. The molecule has 1 unspecified atom stereocenters. The molecule has 1 aromatic heterocycles. The predicted octanol–water partition coefficient (Wildman–Crippen LogP) is 4.86. The highest BCUT2D eigenvalue weighted by molar-refractivity contribution is 5.76. The maximum Gasteiger partial charge on any atom is 0.573 e. The molecule has 0 fully saturated rings. The highest BCUT2D eigenvalue weighted by atomic mass is 19.4. The van der Waals surface area contributed by atoms with Gasteiger partial charge in [0, 0.05) is 18.7 Å². The Balaban J connectivity index is 1.92. The number of nitrogens with zero attached hydrogens (tertiary/aromatic N) is 2. The van der Waals surface area contributed by atoms with Crippen LogP contribution in [0.25, 0.3) is 0 Å². The summed E-state index contributed by atoms with van der Waals surface area (Å²) >= 11 is 0. The van der Waals surface area contributed by atoms with E-state index in [9.17, 15) is 18.0 Å². The van der Waals surface area contributed by atoms with Crippen LogP contribution in [0.2, 0.25) is 0 Å². The van der Waals surface area contributed by atoms with Crippen LogP contribution in [0.4, 0.5) is 13.2 Å². The number of alkyl halides is 3. The van der Waals surface area contributed by atoms with E-state index in [1.165, 1.54) is 24.3 Å². The molecule has 1 aromatic carbocycles. The van der Waals surface area contributed by atoms with E-state index in [1.807, 2.05) is 18.5 Å². The maximum absolute atomic E-state index is 12.4. The fourth-order valence-electron chi connectivity index (χ4n) is 3.21. The van der Waals surface area contributed by atoms with Crippen LogP contribution in [0.3, 0.4) is 0 Å². The minimum Gasteiger partial charge on any atom is -0.406 e. The smallest absolute Gasteiger partial charge is 0.406 e. The largest absolute Gasteiger partial charge is 0.573 e. The molecule has 1 N–H and O–H groups in total. The van der Waals surface area contributed by atoms with Crippen LogP contribution >= 0.6 is 0 Å². The molecule has 0 aliphatic rings. The number of aromatic nitrogens is 2. The monoisotopic (exact) mass is 411 g/mol. The van der Waals surface area contributed by atoms with Crippen molar-refractivity contribution in [1.82, 2.24) is 15.1 Å². The standard InChI is InChI=1S/C21H28F3N3O2/c1-13(2)12-27-16(5)19(15(4)26-27)10-11-20(28)25-14(3)17-6-8-18(9-7-17)29-21(22,23)24/h6-9,13-14H,10-12H2,1-5H3,(H,25,28). The van der Waals surface area contributed by atoms with Crippen LogP contribution in [-0.4, -0.2) is 22.1 Å². The van der Waals surface area contributed by atoms with E-state index >= 15 is 0 Å². The van der Waals surface area contributed by atoms with E-state index in [2.05, 4.69) is 29.0 Å². The molecule has 2 rings (SSSR count). The number of hydrogen-bond donors (Lipinski definition) is 1. The highest BCUT2D eigenvalue weighted by Crippen LogP contribution is 2.24. The van der Waals surface area contributed by atoms with Crippen molar-refractivity contribution in [2.24, 2.45) is 5.92 Å². The van der Waals surface area contributed by atoms with Gasteiger partial charge in [-0.2, -0.15) is 5.10 Å². The summed E-state index contributed by atoms with van der Waals surface area (Å²) in [6, 6.07) is 5.17. The van der Waals surface area contributed by atoms with Crippen LogP contribution in [0, 0.1) is 19.8 Å². The minimum absolute atomic E-state index is 0.122. The molecule has 160 valence electrons. The van der Waals surface area contributed by atoms with Crippen LogP contribution < -0.4 is 10.1 Å². The van der Waals surface area contributed by atoms with Gasteiger partial charge in [0.2, 0.25) is 5.91 Å². The molecule has 1 amide bonds. The fourth-order valence-corrected chi connectivity index (χ4v) is 3.21. The van der Waals surface area contributed by atoms with Crippen LogP contribution in [0.1, 0.15) is 55.7 Å². The molecule has 0 saturated heterocycles. The van der Waals surface area contributed by atoms with Crippen molar-refractivity contribution in [2.75, 3.05) is 0 Å². The Morgan fingerprint density at radius 2 is 1.79 bits per heavy atom. The van der Waals surface area contributed by atoms with Crippen molar-refractivity contribution in [1.29, 1.82) is 0 Å². The second kappa shape index (κ2) is 9.33. The van der Waals surface area contributed by atoms with Crippen LogP contribution in [0.5, 0.6) is 5.75 Å². The van der Waals surface area contributed by atoms with Gasteiger partial charge < -0.3 is 10.1 Å². The Hall–Kier alpha value is -2.51. The van der Waals surface area contributed by atoms with Gasteiger partial charge in [0.15, 0.2) is 0 Å². The summed E-state index contributed by atoms with van der Waals surface area (Å²) in [6.45, 7) is 10.9. The molecule has 1 atom stereocenters. The minimum atomic E-state index is -4.72. The zero-order valence-electron chi connectivity index (χ0n) is 17.4. The molecule has 0 saturated carbocycles. The van der Waals surface area contributed by atoms with Gasteiger partial charge in [0.25, 0.3) is 0 Å². The number of aryl methyl sites for hydroxylation is 1. The molecular formula is C21H28F3N3O2. The molecule has 0 aliphatic heterocycles. The lowest BCUT2D eigenvalue weighted by Gasteiger charge is -2.15. The Morgan fingerprint density at radius 3 is 2.34 bits per heavy atom. The van der Waals surface area contributed by atoms with Crippen molar-refractivity contribution >= 4 is 5.91 Å². The van der Waals surface area contributed by atoms with Crippen LogP contribution in [-0.2, 0) is 17.8 Å². The Bertz CT molecular complexity index is 827. The number of ether oxygens (including phenoxy) is 1. The number of carbonyl (C=O) groups is 1. The summed E-state index contributed by atoms with van der Waals surface area (Å²) < 4.78 is 42.5. The Kier molecular flexibility index (Phi) is 7.32. The quantitative estimate of drug-likeness (QED) is 0.675. The van der Waals surface area contributed by atoms with E-state index in [1.54, 1.807) is 6.92 Å². The van der Waals surface area contributed by atoms with Gasteiger partial charge in [0.1, 0.15) is 5.75 Å². The lowest BCUT2D eigenvalue weighted by atomic mass is 10.1. The van der Waals surface area contributed by atoms with Gasteiger partial charge in [-0.25, -0.2) is 0 Å². The topological polar surface area (TPSA) is 56.2 Å². The Labute approximate surface area is 169 Å². The molecule has 0 spiro atoms. The average molecular weight is 411 g/mol. The predicted molar refractivity (Wildman–Crippen MR) is 105 cm³/mol. The van der Waals surface area contributed by atoms with Gasteiger partial charge in [-0.1, -0.05) is 26.0 Å². The molecule has 2 aromatic rings. The third-order valence-electron chi connectivity index (χ3n) is 4.66. The van der Waals surface area contributed by atoms with Crippen molar-refractivity contribution in [3.8, 4) is 5.75 Å². The zero-order valence-corrected chi connectivity index (χ0v) is 17.4. The number of rotatable bonds is 8. The summed E-state index contributed by atoms with van der Waals surface area (Å²) in [5, 5.41) is 7.45. The lowest BCUT2D eigenvalue weighted by molar-refractivity contribution is -0.274. The second-order valence-corrected chi connectivity index (χ2v) is 7.63. The lowest BCUT2D eigenvalue weighted by Crippen LogP contribution is -2.27. The summed E-state index contributed by atoms with van der Waals surface area (Å²) in [5.41, 5.74) is 3.80. The third-order valence-corrected chi connectivity index (χ3v) is 4.66. The molecular weight excluding hydrogens is 383 g/mol. The number of halogens is 3. The average Bonchev–Trinajstić information content (AvgIpc) is 2.85. The summed E-state index contributed by atoms with van der Waals surface area (Å²) in [6.07, 6.45) is -3.82. The van der Waals surface area contributed by atoms with Gasteiger partial charge in [0.05, 0.1) is 11.7 Å². The zero-order chi connectivity index (χ0) is 21.8. The number of amides is 1. The first-order valence-electron chi connectivity index (χ1n) is 9.64. The van der Waals surface area contributed by atoms with Gasteiger partial charge in [-0.05, 0) is 56.4 Å². The fraction of sp³-hybridized carbons (Fsp3) is 0.524. The molecule has 8 heteroatoms. The van der Waals surface area contributed by atoms with E-state index in [4.69, 9.17) is 0 Å². The summed E-state index contributed by atoms with van der Waals surface area (Å²) in [5.74, 6) is 0.0746. The highest BCUT2D eigenvalue weighted by Gasteiger charge is 2.31. The van der Waals surface area contributed by atoms with Gasteiger partial charge >= 0.3 is 6.36 Å². The number of benzene rings is 1. The first-order valence-corrected chi connectivity index (χ1v) is 9.64. The normalized spacial score (nSPS) is 12.9. The van der Waals surface area contributed by atoms with E-state index < -0.39 is 6.36 Å². The molecule has 0 radical (unpaired) electrons. The van der Waals surface area contributed by atoms with Crippen molar-refractivity contribution in [2.45, 2.75) is 66.4 Å².